The van der Waals surface area contributed by atoms with E-state index in [1.807, 2.05) is 18.2 Å². The highest BCUT2D eigenvalue weighted by Gasteiger charge is 2.27. The van der Waals surface area contributed by atoms with Crippen LogP contribution in [0.25, 0.3) is 43.8 Å². The highest BCUT2D eigenvalue weighted by atomic mass is 16.3. The predicted molar refractivity (Wildman–Crippen MR) is 176 cm³/mol. The van der Waals surface area contributed by atoms with E-state index >= 15 is 0 Å². The third-order valence-corrected chi connectivity index (χ3v) is 8.67. The number of fused-ring (bicyclic) bond motifs is 5. The van der Waals surface area contributed by atoms with Crippen LogP contribution in [0.1, 0.15) is 16.7 Å². The smallest absolute Gasteiger partial charge is 0.147 e. The lowest BCUT2D eigenvalue weighted by atomic mass is 9.95. The van der Waals surface area contributed by atoms with Crippen LogP contribution < -0.4 is 4.90 Å². The van der Waals surface area contributed by atoms with Crippen LogP contribution in [0.15, 0.2) is 140 Å². The molecule has 0 bridgehead atoms. The number of phenols is 1. The second kappa shape index (κ2) is 9.64. The molecule has 0 aliphatic heterocycles. The number of phenolic OH excluding ortho intramolecular Hbond substituents is 1. The Morgan fingerprint density at radius 3 is 1.79 bits per heavy atom. The van der Waals surface area contributed by atoms with Crippen LogP contribution >= 0.6 is 0 Å². The standard InChI is InChI=1S/C40H29NO/c1-26-21-27-11-5-7-13-29(27)23-35(26)34-18-10-20-39(40(34)42)41(32-15-3-2-4-16-32)38-19-9-17-33-36-24-30-14-8-6-12-28(30)22-31(36)25-37(33)38/h2-24,42H,25H2,1H3. The van der Waals surface area contributed by atoms with Crippen LogP contribution in [0.4, 0.5) is 17.1 Å². The van der Waals surface area contributed by atoms with E-state index in [1.165, 1.54) is 38.4 Å². The summed E-state index contributed by atoms with van der Waals surface area (Å²) in [6.45, 7) is 2.12. The molecule has 0 spiro atoms. The minimum Gasteiger partial charge on any atom is -0.505 e. The summed E-state index contributed by atoms with van der Waals surface area (Å²) in [5, 5.41) is 16.9. The summed E-state index contributed by atoms with van der Waals surface area (Å²) in [5.74, 6) is 0.276. The van der Waals surface area contributed by atoms with Crippen molar-refractivity contribution in [2.75, 3.05) is 4.90 Å². The average molecular weight is 540 g/mol. The monoisotopic (exact) mass is 539 g/mol. The quantitative estimate of drug-likeness (QED) is 0.240. The van der Waals surface area contributed by atoms with E-state index in [0.29, 0.717) is 0 Å². The van der Waals surface area contributed by atoms with Gasteiger partial charge in [0.25, 0.3) is 0 Å². The lowest BCUT2D eigenvalue weighted by Gasteiger charge is -2.29. The molecule has 200 valence electrons. The SMILES string of the molecule is Cc1cc2ccccc2cc1-c1cccc(N(c2ccccc2)c2cccc3c2Cc2cc4ccccc4cc2-3)c1O. The van der Waals surface area contributed by atoms with E-state index in [1.54, 1.807) is 0 Å². The summed E-state index contributed by atoms with van der Waals surface area (Å²) in [7, 11) is 0. The van der Waals surface area contributed by atoms with Crippen molar-refractivity contribution in [1.82, 2.24) is 0 Å². The molecule has 1 N–H and O–H groups in total. The van der Waals surface area contributed by atoms with E-state index in [-0.39, 0.29) is 5.75 Å². The highest BCUT2D eigenvalue weighted by molar-refractivity contribution is 5.97. The van der Waals surface area contributed by atoms with Gasteiger partial charge in [0.2, 0.25) is 0 Å². The number of nitrogens with zero attached hydrogens (tertiary/aromatic N) is 1. The molecule has 0 unspecified atom stereocenters. The predicted octanol–water partition coefficient (Wildman–Crippen LogP) is 10.7. The van der Waals surface area contributed by atoms with Crippen molar-refractivity contribution in [3.63, 3.8) is 0 Å². The van der Waals surface area contributed by atoms with E-state index in [2.05, 4.69) is 133 Å². The number of aryl methyl sites for hydroxylation is 1. The van der Waals surface area contributed by atoms with Gasteiger partial charge in [-0.25, -0.2) is 0 Å². The van der Waals surface area contributed by atoms with Gasteiger partial charge in [0.15, 0.2) is 0 Å². The van der Waals surface area contributed by atoms with Crippen molar-refractivity contribution >= 4 is 38.6 Å². The van der Waals surface area contributed by atoms with Crippen LogP contribution in [-0.4, -0.2) is 5.11 Å². The number of benzene rings is 7. The number of aromatic hydroxyl groups is 1. The molecule has 42 heavy (non-hydrogen) atoms. The summed E-state index contributed by atoms with van der Waals surface area (Å²) < 4.78 is 0. The van der Waals surface area contributed by atoms with Crippen molar-refractivity contribution in [2.24, 2.45) is 0 Å². The van der Waals surface area contributed by atoms with Crippen LogP contribution in [0.2, 0.25) is 0 Å². The second-order valence-corrected chi connectivity index (χ2v) is 11.2. The Morgan fingerprint density at radius 2 is 1.07 bits per heavy atom. The molecule has 1 aliphatic rings. The number of hydrogen-bond acceptors (Lipinski definition) is 2. The maximum Gasteiger partial charge on any atom is 0.147 e. The van der Waals surface area contributed by atoms with E-state index < -0.39 is 0 Å². The molecule has 0 heterocycles. The first-order chi connectivity index (χ1) is 20.7. The topological polar surface area (TPSA) is 23.5 Å². The molecule has 2 nitrogen and oxygen atoms in total. The van der Waals surface area contributed by atoms with Gasteiger partial charge >= 0.3 is 0 Å². The van der Waals surface area contributed by atoms with Gasteiger partial charge in [-0.1, -0.05) is 103 Å². The Hall–Kier alpha value is -5.34. The zero-order valence-corrected chi connectivity index (χ0v) is 23.4. The molecule has 0 radical (unpaired) electrons. The molecular formula is C40H29NO. The summed E-state index contributed by atoms with van der Waals surface area (Å²) in [5.41, 5.74) is 11.0. The second-order valence-electron chi connectivity index (χ2n) is 11.2. The first-order valence-electron chi connectivity index (χ1n) is 14.5. The van der Waals surface area contributed by atoms with Crippen molar-refractivity contribution in [1.29, 1.82) is 0 Å². The Morgan fingerprint density at radius 1 is 0.500 bits per heavy atom. The summed E-state index contributed by atoms with van der Waals surface area (Å²) in [4.78, 5) is 2.22. The number of hydrogen-bond donors (Lipinski definition) is 1. The van der Waals surface area contributed by atoms with Crippen molar-refractivity contribution in [3.05, 3.63) is 156 Å². The highest BCUT2D eigenvalue weighted by Crippen LogP contribution is 2.50. The normalized spacial score (nSPS) is 11.9. The van der Waals surface area contributed by atoms with Gasteiger partial charge in [-0.15, -0.1) is 0 Å². The fraction of sp³-hybridized carbons (Fsp3) is 0.0500. The van der Waals surface area contributed by atoms with E-state index in [4.69, 9.17) is 0 Å². The maximum absolute atomic E-state index is 12.0. The summed E-state index contributed by atoms with van der Waals surface area (Å²) in [6, 6.07) is 49.1. The van der Waals surface area contributed by atoms with Crippen LogP contribution in [0, 0.1) is 6.92 Å². The van der Waals surface area contributed by atoms with Gasteiger partial charge in [-0.3, -0.25) is 0 Å². The fourth-order valence-corrected chi connectivity index (χ4v) is 6.66. The van der Waals surface area contributed by atoms with Gasteiger partial charge in [0.05, 0.1) is 11.4 Å². The minimum atomic E-state index is 0.276. The molecule has 8 rings (SSSR count). The van der Waals surface area contributed by atoms with Gasteiger partial charge in [-0.05, 0) is 98.2 Å². The molecule has 7 aromatic carbocycles. The molecule has 7 aromatic rings. The van der Waals surface area contributed by atoms with Crippen LogP contribution in [0.3, 0.4) is 0 Å². The first-order valence-corrected chi connectivity index (χ1v) is 14.5. The van der Waals surface area contributed by atoms with Crippen molar-refractivity contribution in [3.8, 4) is 28.0 Å². The van der Waals surface area contributed by atoms with E-state index in [0.717, 1.165) is 45.6 Å². The molecule has 2 heteroatoms. The Kier molecular flexibility index (Phi) is 5.61. The number of anilines is 3. The Balaban J connectivity index is 1.32. The van der Waals surface area contributed by atoms with Gasteiger partial charge in [0, 0.05) is 17.7 Å². The third kappa shape index (κ3) is 3.88. The first kappa shape index (κ1) is 24.5. The molecular weight excluding hydrogens is 510 g/mol. The number of para-hydroxylation sites is 2. The number of rotatable bonds is 4. The lowest BCUT2D eigenvalue weighted by molar-refractivity contribution is 0.478. The van der Waals surface area contributed by atoms with Gasteiger partial charge in [-0.2, -0.15) is 0 Å². The zero-order chi connectivity index (χ0) is 28.2. The average Bonchev–Trinajstić information content (AvgIpc) is 3.39. The largest absolute Gasteiger partial charge is 0.505 e. The molecule has 0 atom stereocenters. The fourth-order valence-electron chi connectivity index (χ4n) is 6.66. The zero-order valence-electron chi connectivity index (χ0n) is 23.4. The summed E-state index contributed by atoms with van der Waals surface area (Å²) >= 11 is 0. The molecule has 0 amide bonds. The van der Waals surface area contributed by atoms with Gasteiger partial charge in [0.1, 0.15) is 5.75 Å². The van der Waals surface area contributed by atoms with Gasteiger partial charge < -0.3 is 10.0 Å². The third-order valence-electron chi connectivity index (χ3n) is 8.67. The van der Waals surface area contributed by atoms with Crippen molar-refractivity contribution < 1.29 is 5.11 Å². The van der Waals surface area contributed by atoms with E-state index in [9.17, 15) is 5.11 Å². The molecule has 1 aliphatic carbocycles. The lowest BCUT2D eigenvalue weighted by Crippen LogP contribution is -2.12. The molecule has 0 saturated heterocycles. The maximum atomic E-state index is 12.0. The summed E-state index contributed by atoms with van der Waals surface area (Å²) in [6.07, 6.45) is 0.846. The molecule has 0 aromatic heterocycles. The van der Waals surface area contributed by atoms with Crippen molar-refractivity contribution in [2.45, 2.75) is 13.3 Å². The Bertz CT molecular complexity index is 2140. The molecule has 0 fully saturated rings. The minimum absolute atomic E-state index is 0.276. The van der Waals surface area contributed by atoms with Crippen LogP contribution in [0.5, 0.6) is 5.75 Å². The molecule has 0 saturated carbocycles. The Labute approximate surface area is 245 Å². The van der Waals surface area contributed by atoms with Crippen LogP contribution in [-0.2, 0) is 6.42 Å².